The molecule has 0 aliphatic carbocycles. The number of nitrogens with one attached hydrogen (secondary N) is 2. The Balaban J connectivity index is 1.77. The van der Waals surface area contributed by atoms with Gasteiger partial charge in [-0.1, -0.05) is 24.3 Å². The molecule has 0 spiro atoms. The lowest BCUT2D eigenvalue weighted by Gasteiger charge is -2.13. The first-order chi connectivity index (χ1) is 11.1. The van der Waals surface area contributed by atoms with Crippen LogP contribution in [0.3, 0.4) is 0 Å². The molecule has 0 saturated heterocycles. The van der Waals surface area contributed by atoms with Crippen LogP contribution in [0.4, 0.5) is 9.18 Å². The minimum atomic E-state index is -1.11. The molecule has 0 aliphatic rings. The van der Waals surface area contributed by atoms with Crippen molar-refractivity contribution in [3.63, 3.8) is 0 Å². The number of carbonyl (C=O) groups excluding carboxylic acids is 1. The molecule has 1 heterocycles. The molecule has 2 aromatic rings. The highest BCUT2D eigenvalue weighted by Gasteiger charge is 2.13. The van der Waals surface area contributed by atoms with Crippen molar-refractivity contribution in [3.05, 3.63) is 59.5 Å². The van der Waals surface area contributed by atoms with Gasteiger partial charge in [0.05, 0.1) is 13.2 Å². The van der Waals surface area contributed by atoms with E-state index in [1.54, 1.807) is 24.4 Å². The van der Waals surface area contributed by atoms with E-state index in [4.69, 9.17) is 4.74 Å². The van der Waals surface area contributed by atoms with Gasteiger partial charge in [0.25, 0.3) is 0 Å². The third-order valence-electron chi connectivity index (χ3n) is 3.18. The quantitative estimate of drug-likeness (QED) is 0.757. The Hall–Kier alpha value is -2.67. The van der Waals surface area contributed by atoms with Gasteiger partial charge in [-0.2, -0.15) is 0 Å². The summed E-state index contributed by atoms with van der Waals surface area (Å²) in [7, 11) is 1.52. The maximum Gasteiger partial charge on any atom is 0.315 e. The number of amides is 2. The Morgan fingerprint density at radius 1 is 1.30 bits per heavy atom. The van der Waals surface area contributed by atoms with Crippen molar-refractivity contribution in [1.29, 1.82) is 0 Å². The zero-order chi connectivity index (χ0) is 16.7. The fraction of sp³-hybridized carbons (Fsp3) is 0.250. The maximum atomic E-state index is 13.5. The van der Waals surface area contributed by atoms with Crippen molar-refractivity contribution in [3.8, 4) is 5.88 Å². The van der Waals surface area contributed by atoms with Crippen molar-refractivity contribution in [2.24, 2.45) is 0 Å². The third-order valence-corrected chi connectivity index (χ3v) is 3.18. The summed E-state index contributed by atoms with van der Waals surface area (Å²) in [5.41, 5.74) is 0.947. The van der Waals surface area contributed by atoms with Gasteiger partial charge in [-0.15, -0.1) is 0 Å². The number of ether oxygens (including phenoxy) is 1. The van der Waals surface area contributed by atoms with E-state index in [1.165, 1.54) is 25.3 Å². The molecule has 0 fully saturated rings. The molecular formula is C16H18FN3O3. The van der Waals surface area contributed by atoms with Gasteiger partial charge in [0.1, 0.15) is 5.82 Å². The van der Waals surface area contributed by atoms with Crippen molar-refractivity contribution in [2.45, 2.75) is 12.6 Å². The fourth-order valence-corrected chi connectivity index (χ4v) is 1.93. The van der Waals surface area contributed by atoms with E-state index in [0.717, 1.165) is 5.56 Å². The van der Waals surface area contributed by atoms with Crippen molar-refractivity contribution in [1.82, 2.24) is 15.6 Å². The minimum absolute atomic E-state index is 0.0897. The second-order valence-corrected chi connectivity index (χ2v) is 4.81. The molecule has 0 bridgehead atoms. The van der Waals surface area contributed by atoms with Crippen molar-refractivity contribution >= 4 is 6.03 Å². The number of benzene rings is 1. The minimum Gasteiger partial charge on any atom is -0.481 e. The maximum absolute atomic E-state index is 13.5. The first-order valence-electron chi connectivity index (χ1n) is 7.03. The second kappa shape index (κ2) is 8.09. The summed E-state index contributed by atoms with van der Waals surface area (Å²) in [6, 6.07) is 8.90. The highest BCUT2D eigenvalue weighted by atomic mass is 19.1. The largest absolute Gasteiger partial charge is 0.481 e. The van der Waals surface area contributed by atoms with Gasteiger partial charge in [-0.05, 0) is 11.6 Å². The first kappa shape index (κ1) is 16.7. The van der Waals surface area contributed by atoms with E-state index in [-0.39, 0.29) is 18.7 Å². The first-order valence-corrected chi connectivity index (χ1v) is 7.03. The Kier molecular flexibility index (Phi) is 5.87. The van der Waals surface area contributed by atoms with Crippen LogP contribution in [0.15, 0.2) is 42.6 Å². The molecule has 7 heteroatoms. The summed E-state index contributed by atoms with van der Waals surface area (Å²) < 4.78 is 18.4. The molecule has 1 aromatic carbocycles. The number of hydrogen-bond donors (Lipinski definition) is 3. The van der Waals surface area contributed by atoms with Crippen LogP contribution < -0.4 is 15.4 Å². The number of aliphatic hydroxyl groups is 1. The SMILES string of the molecule is COc1ccc(CNC(=O)NC[C@@H](O)c2ccccc2F)cn1. The zero-order valence-corrected chi connectivity index (χ0v) is 12.6. The fourth-order valence-electron chi connectivity index (χ4n) is 1.93. The van der Waals surface area contributed by atoms with Gasteiger partial charge in [-0.3, -0.25) is 0 Å². The molecule has 0 unspecified atom stereocenters. The van der Waals surface area contributed by atoms with E-state index < -0.39 is 18.0 Å². The number of aliphatic hydroxyl groups excluding tert-OH is 1. The molecule has 23 heavy (non-hydrogen) atoms. The number of methoxy groups -OCH3 is 1. The van der Waals surface area contributed by atoms with E-state index in [1.807, 2.05) is 0 Å². The Morgan fingerprint density at radius 2 is 2.09 bits per heavy atom. The van der Waals surface area contributed by atoms with Gasteiger partial charge in [0.2, 0.25) is 5.88 Å². The summed E-state index contributed by atoms with van der Waals surface area (Å²) in [6.45, 7) is 0.187. The predicted molar refractivity (Wildman–Crippen MR) is 82.4 cm³/mol. The lowest BCUT2D eigenvalue weighted by molar-refractivity contribution is 0.169. The molecule has 0 radical (unpaired) electrons. The summed E-state index contributed by atoms with van der Waals surface area (Å²) in [5.74, 6) is -0.0160. The predicted octanol–water partition coefficient (Wildman–Crippen LogP) is 1.76. The average molecular weight is 319 g/mol. The summed E-state index contributed by atoms with van der Waals surface area (Å²) in [5, 5.41) is 15.0. The Bertz CT molecular complexity index is 649. The molecule has 1 aromatic heterocycles. The normalized spacial score (nSPS) is 11.6. The highest BCUT2D eigenvalue weighted by Crippen LogP contribution is 2.15. The lowest BCUT2D eigenvalue weighted by Crippen LogP contribution is -2.37. The molecule has 122 valence electrons. The monoisotopic (exact) mass is 319 g/mol. The molecule has 0 aliphatic heterocycles. The smallest absolute Gasteiger partial charge is 0.315 e. The molecular weight excluding hydrogens is 301 g/mol. The van der Waals surface area contributed by atoms with Gasteiger partial charge in [0, 0.05) is 30.9 Å². The van der Waals surface area contributed by atoms with Crippen LogP contribution in [0, 0.1) is 5.82 Å². The molecule has 6 nitrogen and oxygen atoms in total. The van der Waals surface area contributed by atoms with E-state index in [9.17, 15) is 14.3 Å². The molecule has 0 saturated carbocycles. The van der Waals surface area contributed by atoms with Crippen LogP contribution in [0.2, 0.25) is 0 Å². The van der Waals surface area contributed by atoms with Crippen molar-refractivity contribution in [2.75, 3.05) is 13.7 Å². The van der Waals surface area contributed by atoms with E-state index >= 15 is 0 Å². The number of rotatable bonds is 6. The van der Waals surface area contributed by atoms with Crippen molar-refractivity contribution < 1.29 is 19.0 Å². The van der Waals surface area contributed by atoms with Crippen LogP contribution >= 0.6 is 0 Å². The number of hydrogen-bond acceptors (Lipinski definition) is 4. The highest BCUT2D eigenvalue weighted by molar-refractivity contribution is 5.73. The van der Waals surface area contributed by atoms with Gasteiger partial charge in [0.15, 0.2) is 0 Å². The zero-order valence-electron chi connectivity index (χ0n) is 12.6. The van der Waals surface area contributed by atoms with Crippen LogP contribution in [-0.2, 0) is 6.54 Å². The molecule has 2 amide bonds. The topological polar surface area (TPSA) is 83.5 Å². The summed E-state index contributed by atoms with van der Waals surface area (Å²) in [6.07, 6.45) is 0.484. The van der Waals surface area contributed by atoms with Crippen LogP contribution in [0.1, 0.15) is 17.2 Å². The third kappa shape index (κ3) is 4.93. The summed E-state index contributed by atoms with van der Waals surface area (Å²) >= 11 is 0. The molecule has 3 N–H and O–H groups in total. The second-order valence-electron chi connectivity index (χ2n) is 4.81. The molecule has 2 rings (SSSR count). The van der Waals surface area contributed by atoms with Gasteiger partial charge < -0.3 is 20.5 Å². The number of carbonyl (C=O) groups is 1. The number of urea groups is 1. The van der Waals surface area contributed by atoms with Crippen LogP contribution in [0.5, 0.6) is 5.88 Å². The Labute approximate surface area is 133 Å². The van der Waals surface area contributed by atoms with Gasteiger partial charge >= 0.3 is 6.03 Å². The summed E-state index contributed by atoms with van der Waals surface area (Å²) in [4.78, 5) is 15.7. The number of nitrogens with zero attached hydrogens (tertiary/aromatic N) is 1. The molecule has 1 atom stereocenters. The van der Waals surface area contributed by atoms with Crippen LogP contribution in [-0.4, -0.2) is 29.8 Å². The van der Waals surface area contributed by atoms with E-state index in [2.05, 4.69) is 15.6 Å². The Morgan fingerprint density at radius 3 is 2.74 bits per heavy atom. The number of pyridine rings is 1. The van der Waals surface area contributed by atoms with Gasteiger partial charge in [-0.25, -0.2) is 14.2 Å². The number of aromatic nitrogens is 1. The average Bonchev–Trinajstić information content (AvgIpc) is 2.58. The number of halogens is 1. The van der Waals surface area contributed by atoms with Crippen LogP contribution in [0.25, 0.3) is 0 Å². The standard InChI is InChI=1S/C16H18FN3O3/c1-23-15-7-6-11(8-18-15)9-19-16(22)20-10-14(21)12-4-2-3-5-13(12)17/h2-8,14,21H,9-10H2,1H3,(H2,19,20,22)/t14-/m1/s1. The lowest BCUT2D eigenvalue weighted by atomic mass is 10.1. The van der Waals surface area contributed by atoms with E-state index in [0.29, 0.717) is 5.88 Å².